The van der Waals surface area contributed by atoms with E-state index in [2.05, 4.69) is 5.16 Å². The van der Waals surface area contributed by atoms with Gasteiger partial charge in [-0.1, -0.05) is 19.0 Å². The fraction of sp³-hybridized carbons (Fsp3) is 0.588. The van der Waals surface area contributed by atoms with Gasteiger partial charge in [-0.3, -0.25) is 9.59 Å². The Hall–Kier alpha value is -2.20. The number of hydrogen-bond acceptors (Lipinski definition) is 7. The molecule has 148 valence electrons. The number of carbonyl (C=O) groups excluding carboxylic acids is 2. The van der Waals surface area contributed by atoms with Crippen molar-refractivity contribution in [3.8, 4) is 0 Å². The second-order valence-corrected chi connectivity index (χ2v) is 9.41. The molecule has 1 aromatic rings. The van der Waals surface area contributed by atoms with Crippen molar-refractivity contribution < 1.29 is 22.5 Å². The lowest BCUT2D eigenvalue weighted by atomic mass is 9.89. The standard InChI is InChI=1S/C17H24N4O5S/c1-10(2)14-15-13(21(17(14)23)27(5,24)25)6-7-20(15)16(22)12-8-11(26-18-12)9-19(3)4/h6,8,10,14-15H,7,9H2,1-5H3/t14-,15+/m1/s1. The summed E-state index contributed by atoms with van der Waals surface area (Å²) in [6.45, 7) is 4.41. The second-order valence-electron chi connectivity index (χ2n) is 7.58. The zero-order valence-electron chi connectivity index (χ0n) is 16.0. The molecule has 3 heterocycles. The number of fused-ring (bicyclic) bond motifs is 1. The Labute approximate surface area is 158 Å². The van der Waals surface area contributed by atoms with Gasteiger partial charge in [0.15, 0.2) is 11.5 Å². The Balaban J connectivity index is 1.92. The molecule has 1 fully saturated rings. The zero-order chi connectivity index (χ0) is 20.1. The van der Waals surface area contributed by atoms with E-state index in [0.717, 1.165) is 10.6 Å². The summed E-state index contributed by atoms with van der Waals surface area (Å²) in [5, 5.41) is 3.85. The Morgan fingerprint density at radius 3 is 2.63 bits per heavy atom. The van der Waals surface area contributed by atoms with Gasteiger partial charge in [-0.15, -0.1) is 0 Å². The quantitative estimate of drug-likeness (QED) is 0.714. The topological polar surface area (TPSA) is 104 Å². The molecule has 0 aromatic carbocycles. The van der Waals surface area contributed by atoms with Crippen LogP contribution in [0.3, 0.4) is 0 Å². The lowest BCUT2D eigenvalue weighted by molar-refractivity contribution is -0.128. The van der Waals surface area contributed by atoms with Gasteiger partial charge in [-0.25, -0.2) is 12.7 Å². The number of rotatable bonds is 5. The second kappa shape index (κ2) is 6.75. The summed E-state index contributed by atoms with van der Waals surface area (Å²) in [4.78, 5) is 29.2. The molecule has 0 saturated carbocycles. The first-order valence-corrected chi connectivity index (χ1v) is 10.5. The highest BCUT2D eigenvalue weighted by molar-refractivity contribution is 7.89. The highest BCUT2D eigenvalue weighted by Crippen LogP contribution is 2.41. The van der Waals surface area contributed by atoms with Crippen LogP contribution in [-0.4, -0.2) is 72.4 Å². The van der Waals surface area contributed by atoms with E-state index in [1.165, 1.54) is 4.90 Å². The molecule has 2 amide bonds. The van der Waals surface area contributed by atoms with Crippen molar-refractivity contribution >= 4 is 21.8 Å². The monoisotopic (exact) mass is 396 g/mol. The average Bonchev–Trinajstić information content (AvgIpc) is 3.18. The molecule has 0 aliphatic carbocycles. The number of carbonyl (C=O) groups is 2. The van der Waals surface area contributed by atoms with E-state index in [4.69, 9.17) is 4.52 Å². The Kier molecular flexibility index (Phi) is 4.89. The predicted molar refractivity (Wildman–Crippen MR) is 96.8 cm³/mol. The molecule has 10 heteroatoms. The molecule has 27 heavy (non-hydrogen) atoms. The van der Waals surface area contributed by atoms with Gasteiger partial charge in [0.1, 0.15) is 0 Å². The van der Waals surface area contributed by atoms with E-state index in [0.29, 0.717) is 18.0 Å². The largest absolute Gasteiger partial charge is 0.359 e. The fourth-order valence-corrected chi connectivity index (χ4v) is 4.74. The van der Waals surface area contributed by atoms with Crippen LogP contribution in [0.1, 0.15) is 30.1 Å². The van der Waals surface area contributed by atoms with Gasteiger partial charge in [-0.05, 0) is 26.1 Å². The minimum absolute atomic E-state index is 0.132. The zero-order valence-corrected chi connectivity index (χ0v) is 16.9. The molecular weight excluding hydrogens is 372 g/mol. The molecule has 2 atom stereocenters. The molecule has 1 aromatic heterocycles. The third-order valence-corrected chi connectivity index (χ3v) is 5.81. The minimum Gasteiger partial charge on any atom is -0.359 e. The Bertz CT molecular complexity index is 902. The first-order chi connectivity index (χ1) is 12.5. The molecule has 3 rings (SSSR count). The number of hydrogen-bond donors (Lipinski definition) is 0. The summed E-state index contributed by atoms with van der Waals surface area (Å²) in [6, 6.07) is 0.962. The number of sulfonamides is 1. The summed E-state index contributed by atoms with van der Waals surface area (Å²) >= 11 is 0. The van der Waals surface area contributed by atoms with Gasteiger partial charge < -0.3 is 14.3 Å². The van der Waals surface area contributed by atoms with Crippen molar-refractivity contribution in [1.82, 2.24) is 19.3 Å². The third kappa shape index (κ3) is 3.39. The molecule has 0 unspecified atom stereocenters. The van der Waals surface area contributed by atoms with E-state index in [9.17, 15) is 18.0 Å². The molecule has 2 aliphatic heterocycles. The highest BCUT2D eigenvalue weighted by Gasteiger charge is 2.55. The van der Waals surface area contributed by atoms with E-state index in [1.54, 1.807) is 12.1 Å². The maximum absolute atomic E-state index is 13.0. The van der Waals surface area contributed by atoms with Crippen LogP contribution in [-0.2, 0) is 21.4 Å². The summed E-state index contributed by atoms with van der Waals surface area (Å²) in [5.41, 5.74) is 0.501. The van der Waals surface area contributed by atoms with Crippen molar-refractivity contribution in [3.63, 3.8) is 0 Å². The van der Waals surface area contributed by atoms with Crippen molar-refractivity contribution in [1.29, 1.82) is 0 Å². The van der Waals surface area contributed by atoms with E-state index >= 15 is 0 Å². The van der Waals surface area contributed by atoms with E-state index in [1.807, 2.05) is 32.8 Å². The first-order valence-electron chi connectivity index (χ1n) is 8.68. The van der Waals surface area contributed by atoms with Crippen molar-refractivity contribution in [2.75, 3.05) is 26.9 Å². The average molecular weight is 396 g/mol. The van der Waals surface area contributed by atoms with Gasteiger partial charge in [0.2, 0.25) is 15.9 Å². The molecular formula is C17H24N4O5S. The lowest BCUT2D eigenvalue weighted by Gasteiger charge is -2.28. The molecule has 0 N–H and O–H groups in total. The summed E-state index contributed by atoms with van der Waals surface area (Å²) in [5.74, 6) is -1.07. The van der Waals surface area contributed by atoms with Crippen LogP contribution >= 0.6 is 0 Å². The lowest BCUT2D eigenvalue weighted by Crippen LogP contribution is -2.43. The maximum Gasteiger partial charge on any atom is 0.276 e. The van der Waals surface area contributed by atoms with Crippen LogP contribution in [0.4, 0.5) is 0 Å². The smallest absolute Gasteiger partial charge is 0.276 e. The van der Waals surface area contributed by atoms with Crippen LogP contribution < -0.4 is 0 Å². The first kappa shape index (κ1) is 19.6. The van der Waals surface area contributed by atoms with Gasteiger partial charge in [-0.2, -0.15) is 0 Å². The number of aromatic nitrogens is 1. The highest BCUT2D eigenvalue weighted by atomic mass is 32.2. The molecule has 9 nitrogen and oxygen atoms in total. The Morgan fingerprint density at radius 1 is 1.41 bits per heavy atom. The summed E-state index contributed by atoms with van der Waals surface area (Å²) in [7, 11) is -0.0119. The third-order valence-electron chi connectivity index (χ3n) is 4.76. The van der Waals surface area contributed by atoms with Crippen LogP contribution in [0.15, 0.2) is 22.4 Å². The van der Waals surface area contributed by atoms with Crippen molar-refractivity contribution in [2.24, 2.45) is 11.8 Å². The number of amides is 2. The van der Waals surface area contributed by atoms with Crippen LogP contribution in [0.25, 0.3) is 0 Å². The van der Waals surface area contributed by atoms with E-state index < -0.39 is 27.9 Å². The van der Waals surface area contributed by atoms with Crippen LogP contribution in [0.5, 0.6) is 0 Å². The predicted octanol–water partition coefficient (Wildman–Crippen LogP) is 0.519. The molecule has 0 bridgehead atoms. The van der Waals surface area contributed by atoms with Gasteiger partial charge in [0, 0.05) is 12.6 Å². The Morgan fingerprint density at radius 2 is 2.07 bits per heavy atom. The fourth-order valence-electron chi connectivity index (χ4n) is 3.73. The molecule has 1 saturated heterocycles. The van der Waals surface area contributed by atoms with Gasteiger partial charge >= 0.3 is 0 Å². The van der Waals surface area contributed by atoms with Crippen molar-refractivity contribution in [3.05, 3.63) is 29.3 Å². The number of nitrogens with zero attached hydrogens (tertiary/aromatic N) is 4. The summed E-state index contributed by atoms with van der Waals surface area (Å²) in [6.07, 6.45) is 2.63. The van der Waals surface area contributed by atoms with Gasteiger partial charge in [0.05, 0.1) is 30.5 Å². The van der Waals surface area contributed by atoms with E-state index in [-0.39, 0.29) is 24.1 Å². The normalized spacial score (nSPS) is 22.8. The van der Waals surface area contributed by atoms with Crippen LogP contribution in [0, 0.1) is 11.8 Å². The maximum atomic E-state index is 13.0. The summed E-state index contributed by atoms with van der Waals surface area (Å²) < 4.78 is 30.3. The van der Waals surface area contributed by atoms with Gasteiger partial charge in [0.25, 0.3) is 5.91 Å². The molecule has 0 radical (unpaired) electrons. The minimum atomic E-state index is -3.76. The molecule has 0 spiro atoms. The SMILES string of the molecule is CC(C)[C@H]1C(=O)N(S(C)(=O)=O)C2=CCN(C(=O)c3cc(CN(C)C)on3)[C@@H]21. The van der Waals surface area contributed by atoms with Crippen molar-refractivity contribution in [2.45, 2.75) is 26.4 Å². The molecule has 2 aliphatic rings. The van der Waals surface area contributed by atoms with Crippen LogP contribution in [0.2, 0.25) is 0 Å².